The fraction of sp³-hybridized carbons (Fsp3) is 0.667. The smallest absolute Gasteiger partial charge is 0.328 e. The highest BCUT2D eigenvalue weighted by Gasteiger charge is 2.46. The number of benzene rings is 1. The molecule has 3 rings (SSSR count). The van der Waals surface area contributed by atoms with Crippen molar-refractivity contribution in [2.75, 3.05) is 39.9 Å². The molecule has 1 saturated heterocycles. The molecule has 8 nitrogen and oxygen atoms in total. The number of aliphatic hydroxyl groups is 1. The van der Waals surface area contributed by atoms with Gasteiger partial charge in [-0.15, -0.1) is 23.2 Å². The predicted molar refractivity (Wildman–Crippen MR) is 131 cm³/mol. The zero-order valence-corrected chi connectivity index (χ0v) is 21.2. The Balaban J connectivity index is 1.55. The molecule has 7 atom stereocenters. The molecule has 10 heteroatoms. The van der Waals surface area contributed by atoms with Gasteiger partial charge in [-0.2, -0.15) is 0 Å². The van der Waals surface area contributed by atoms with Crippen LogP contribution in [0.5, 0.6) is 0 Å². The lowest BCUT2D eigenvalue weighted by atomic mass is 9.83. The molecule has 0 aromatic heterocycles. The number of amides is 1. The van der Waals surface area contributed by atoms with Crippen molar-refractivity contribution in [1.29, 1.82) is 0 Å². The Labute approximate surface area is 211 Å². The molecule has 1 amide bonds. The van der Waals surface area contributed by atoms with E-state index in [1.54, 1.807) is 0 Å². The first kappa shape index (κ1) is 27.2. The Morgan fingerprint density at radius 1 is 1.29 bits per heavy atom. The molecule has 1 saturated carbocycles. The fourth-order valence-corrected chi connectivity index (χ4v) is 5.51. The summed E-state index contributed by atoms with van der Waals surface area (Å²) in [6.45, 7) is 6.15. The van der Waals surface area contributed by atoms with Gasteiger partial charge < -0.3 is 25.2 Å². The van der Waals surface area contributed by atoms with Gasteiger partial charge in [0.05, 0.1) is 42.6 Å². The second-order valence-corrected chi connectivity index (χ2v) is 10.1. The quantitative estimate of drug-likeness (QED) is 0.335. The molecule has 0 bridgehead atoms. The van der Waals surface area contributed by atoms with Gasteiger partial charge in [0.1, 0.15) is 6.04 Å². The van der Waals surface area contributed by atoms with Gasteiger partial charge >= 0.3 is 5.97 Å². The zero-order chi connectivity index (χ0) is 24.7. The number of ether oxygens (including phenoxy) is 2. The van der Waals surface area contributed by atoms with E-state index in [0.29, 0.717) is 12.6 Å². The van der Waals surface area contributed by atoms with Crippen molar-refractivity contribution in [3.05, 3.63) is 35.9 Å². The third-order valence-corrected chi connectivity index (χ3v) is 7.41. The monoisotopic (exact) mass is 515 g/mol. The number of nitrogens with one attached hydrogen (secondary N) is 2. The van der Waals surface area contributed by atoms with Crippen molar-refractivity contribution in [1.82, 2.24) is 15.5 Å². The van der Waals surface area contributed by atoms with E-state index < -0.39 is 46.8 Å². The van der Waals surface area contributed by atoms with E-state index in [-0.39, 0.29) is 12.8 Å². The maximum atomic E-state index is 13.0. The second-order valence-electron chi connectivity index (χ2n) is 9.06. The fourth-order valence-electron chi connectivity index (χ4n) is 4.59. The molecule has 1 aliphatic heterocycles. The molecule has 190 valence electrons. The number of rotatable bonds is 9. The standard InChI is InChI=1S/C24H35Cl2N3O5/c1-15-14-29(9-8-27-15)10-11-34-22-18(25)13-17(21(30)20(22)26)23(31)28-19(24(32)33-2)12-16-6-4-3-5-7-16/h3-7,15,17-22,27,30H,8-14H2,1-2H3,(H,28,31)/t15-,17?,18?,19-,20?,21?,22?/m0/s1. The minimum absolute atomic E-state index is 0.187. The van der Waals surface area contributed by atoms with Crippen molar-refractivity contribution in [2.24, 2.45) is 5.92 Å². The van der Waals surface area contributed by atoms with E-state index in [0.717, 1.165) is 31.7 Å². The van der Waals surface area contributed by atoms with E-state index in [1.807, 2.05) is 30.3 Å². The van der Waals surface area contributed by atoms with E-state index in [4.69, 9.17) is 32.7 Å². The Morgan fingerprint density at radius 2 is 2.03 bits per heavy atom. The molecule has 5 unspecified atom stereocenters. The average Bonchev–Trinajstić information content (AvgIpc) is 2.83. The second kappa shape index (κ2) is 13.0. The summed E-state index contributed by atoms with van der Waals surface area (Å²) in [5.41, 5.74) is 0.875. The molecule has 0 spiro atoms. The third kappa shape index (κ3) is 7.29. The van der Waals surface area contributed by atoms with Gasteiger partial charge in [-0.3, -0.25) is 9.69 Å². The van der Waals surface area contributed by atoms with Crippen LogP contribution in [0.3, 0.4) is 0 Å². The summed E-state index contributed by atoms with van der Waals surface area (Å²) >= 11 is 13.1. The number of esters is 1. The van der Waals surface area contributed by atoms with Gasteiger partial charge in [0, 0.05) is 38.6 Å². The Kier molecular flexibility index (Phi) is 10.4. The van der Waals surface area contributed by atoms with E-state index >= 15 is 0 Å². The summed E-state index contributed by atoms with van der Waals surface area (Å²) in [6, 6.07) is 8.86. The van der Waals surface area contributed by atoms with Crippen molar-refractivity contribution in [2.45, 2.75) is 54.8 Å². The summed E-state index contributed by atoms with van der Waals surface area (Å²) in [7, 11) is 1.27. The highest BCUT2D eigenvalue weighted by atomic mass is 35.5. The number of alkyl halides is 2. The summed E-state index contributed by atoms with van der Waals surface area (Å²) in [5, 5.41) is 15.5. The number of carbonyl (C=O) groups excluding carboxylic acids is 2. The maximum absolute atomic E-state index is 13.0. The van der Waals surface area contributed by atoms with Crippen LogP contribution < -0.4 is 10.6 Å². The lowest BCUT2D eigenvalue weighted by molar-refractivity contribution is -0.147. The van der Waals surface area contributed by atoms with Crippen LogP contribution in [0.25, 0.3) is 0 Å². The van der Waals surface area contributed by atoms with Crippen LogP contribution in [0.15, 0.2) is 30.3 Å². The minimum Gasteiger partial charge on any atom is -0.467 e. The third-order valence-electron chi connectivity index (χ3n) is 6.48. The molecule has 1 heterocycles. The Hall–Kier alpha value is -1.42. The summed E-state index contributed by atoms with van der Waals surface area (Å²) < 4.78 is 10.8. The van der Waals surface area contributed by atoms with Crippen LogP contribution in [0.1, 0.15) is 18.9 Å². The topological polar surface area (TPSA) is 100 Å². The van der Waals surface area contributed by atoms with Gasteiger partial charge in [0.25, 0.3) is 0 Å². The summed E-state index contributed by atoms with van der Waals surface area (Å²) in [4.78, 5) is 27.6. The average molecular weight is 516 g/mol. The number of hydrogen-bond acceptors (Lipinski definition) is 7. The van der Waals surface area contributed by atoms with Gasteiger partial charge in [0.15, 0.2) is 0 Å². The van der Waals surface area contributed by atoms with E-state index in [2.05, 4.69) is 22.5 Å². The van der Waals surface area contributed by atoms with Gasteiger partial charge in [-0.25, -0.2) is 4.79 Å². The molecule has 1 aromatic rings. The van der Waals surface area contributed by atoms with Gasteiger partial charge in [-0.05, 0) is 18.9 Å². The zero-order valence-electron chi connectivity index (χ0n) is 19.7. The molecule has 1 aromatic carbocycles. The Morgan fingerprint density at radius 3 is 2.71 bits per heavy atom. The summed E-state index contributed by atoms with van der Waals surface area (Å²) in [6.07, 6.45) is -1.28. The largest absolute Gasteiger partial charge is 0.467 e. The minimum atomic E-state index is -1.16. The maximum Gasteiger partial charge on any atom is 0.328 e. The van der Waals surface area contributed by atoms with Crippen LogP contribution in [-0.4, -0.2) is 96.8 Å². The normalized spacial score (nSPS) is 31.0. The predicted octanol–water partition coefficient (Wildman–Crippen LogP) is 1.16. The number of nitrogens with zero attached hydrogens (tertiary/aromatic N) is 1. The van der Waals surface area contributed by atoms with Crippen LogP contribution >= 0.6 is 23.2 Å². The molecule has 3 N–H and O–H groups in total. The molecule has 34 heavy (non-hydrogen) atoms. The van der Waals surface area contributed by atoms with Crippen LogP contribution in [0.2, 0.25) is 0 Å². The molecule has 0 radical (unpaired) electrons. The first-order valence-electron chi connectivity index (χ1n) is 11.8. The number of piperazine rings is 1. The van der Waals surface area contributed by atoms with Crippen molar-refractivity contribution < 1.29 is 24.2 Å². The number of carbonyl (C=O) groups is 2. The first-order chi connectivity index (χ1) is 16.3. The molecular formula is C24H35Cl2N3O5. The van der Waals surface area contributed by atoms with Crippen LogP contribution in [0.4, 0.5) is 0 Å². The molecule has 2 fully saturated rings. The lowest BCUT2D eigenvalue weighted by Gasteiger charge is -2.40. The van der Waals surface area contributed by atoms with Gasteiger partial charge in [0.2, 0.25) is 5.91 Å². The highest BCUT2D eigenvalue weighted by Crippen LogP contribution is 2.34. The van der Waals surface area contributed by atoms with E-state index in [9.17, 15) is 14.7 Å². The summed E-state index contributed by atoms with van der Waals surface area (Å²) in [5.74, 6) is -1.90. The molecular weight excluding hydrogens is 481 g/mol. The SMILES string of the molecule is COC(=O)[C@H](Cc1ccccc1)NC(=O)C1CC(Cl)C(OCCN2CCN[C@@H](C)C2)C(Cl)C1O. The molecule has 1 aliphatic carbocycles. The van der Waals surface area contributed by atoms with Crippen molar-refractivity contribution >= 4 is 35.1 Å². The van der Waals surface area contributed by atoms with Crippen molar-refractivity contribution in [3.63, 3.8) is 0 Å². The highest BCUT2D eigenvalue weighted by molar-refractivity contribution is 6.25. The molecule has 2 aliphatic rings. The Bertz CT molecular complexity index is 802. The number of halogens is 2. The van der Waals surface area contributed by atoms with Crippen LogP contribution in [-0.2, 0) is 25.5 Å². The lowest BCUT2D eigenvalue weighted by Crippen LogP contribution is -2.57. The first-order valence-corrected chi connectivity index (χ1v) is 12.6. The number of hydrogen-bond donors (Lipinski definition) is 3. The van der Waals surface area contributed by atoms with E-state index in [1.165, 1.54) is 7.11 Å². The number of methoxy groups -OCH3 is 1. The van der Waals surface area contributed by atoms with Gasteiger partial charge in [-0.1, -0.05) is 30.3 Å². The van der Waals surface area contributed by atoms with Crippen molar-refractivity contribution in [3.8, 4) is 0 Å². The van der Waals surface area contributed by atoms with Crippen LogP contribution in [0, 0.1) is 5.92 Å². The number of aliphatic hydroxyl groups excluding tert-OH is 1.